The fourth-order valence-electron chi connectivity index (χ4n) is 2.18. The number of nitrogens with one attached hydrogen (secondary N) is 3. The SMILES string of the molecule is CC(C)NC(=O)c1ccccc1NC(=S)NC(=O)/C=C/c1ccc(F)cc1. The van der Waals surface area contributed by atoms with E-state index in [1.165, 1.54) is 18.2 Å². The minimum absolute atomic E-state index is 0.00573. The maximum Gasteiger partial charge on any atom is 0.253 e. The van der Waals surface area contributed by atoms with E-state index in [0.717, 1.165) is 0 Å². The van der Waals surface area contributed by atoms with Gasteiger partial charge in [0.05, 0.1) is 11.3 Å². The molecule has 0 atom stereocenters. The Kier molecular flexibility index (Phi) is 7.19. The number of carbonyl (C=O) groups is 2. The zero-order chi connectivity index (χ0) is 19.8. The fourth-order valence-corrected chi connectivity index (χ4v) is 2.39. The minimum atomic E-state index is -0.444. The van der Waals surface area contributed by atoms with Gasteiger partial charge >= 0.3 is 0 Å². The van der Waals surface area contributed by atoms with Gasteiger partial charge < -0.3 is 10.6 Å². The van der Waals surface area contributed by atoms with Gasteiger partial charge in [-0.2, -0.15) is 0 Å². The molecule has 2 aromatic carbocycles. The highest BCUT2D eigenvalue weighted by Gasteiger charge is 2.13. The predicted octanol–water partition coefficient (Wildman–Crippen LogP) is 3.49. The maximum atomic E-state index is 12.9. The molecule has 0 aliphatic carbocycles. The molecule has 0 aliphatic rings. The summed E-state index contributed by atoms with van der Waals surface area (Å²) in [6, 6.07) is 12.6. The molecule has 5 nitrogen and oxygen atoms in total. The molecule has 0 fully saturated rings. The summed E-state index contributed by atoms with van der Waals surface area (Å²) in [7, 11) is 0. The van der Waals surface area contributed by atoms with Crippen molar-refractivity contribution in [3.63, 3.8) is 0 Å². The Hall–Kier alpha value is -3.06. The normalized spacial score (nSPS) is 10.7. The average Bonchev–Trinajstić information content (AvgIpc) is 2.61. The van der Waals surface area contributed by atoms with E-state index >= 15 is 0 Å². The Morgan fingerprint density at radius 1 is 1.07 bits per heavy atom. The fraction of sp³-hybridized carbons (Fsp3) is 0.150. The average molecular weight is 385 g/mol. The molecule has 0 bridgehead atoms. The van der Waals surface area contributed by atoms with Crippen LogP contribution in [0.3, 0.4) is 0 Å². The van der Waals surface area contributed by atoms with Gasteiger partial charge in [0.2, 0.25) is 5.91 Å². The highest BCUT2D eigenvalue weighted by molar-refractivity contribution is 7.80. The Balaban J connectivity index is 1.98. The van der Waals surface area contributed by atoms with Gasteiger partial charge in [0.15, 0.2) is 5.11 Å². The number of carbonyl (C=O) groups excluding carboxylic acids is 2. The summed E-state index contributed by atoms with van der Waals surface area (Å²) >= 11 is 5.14. The molecule has 140 valence electrons. The van der Waals surface area contributed by atoms with E-state index in [0.29, 0.717) is 16.8 Å². The molecule has 0 unspecified atom stereocenters. The molecule has 27 heavy (non-hydrogen) atoms. The van der Waals surface area contributed by atoms with Crippen LogP contribution in [0.15, 0.2) is 54.6 Å². The highest BCUT2D eigenvalue weighted by Crippen LogP contribution is 2.15. The van der Waals surface area contributed by atoms with Crippen molar-refractivity contribution in [1.29, 1.82) is 0 Å². The van der Waals surface area contributed by atoms with Gasteiger partial charge in [-0.05, 0) is 62.0 Å². The molecular weight excluding hydrogens is 365 g/mol. The first-order chi connectivity index (χ1) is 12.8. The molecular formula is C20H20FN3O2S. The van der Waals surface area contributed by atoms with Crippen LogP contribution in [0.25, 0.3) is 6.08 Å². The molecule has 2 rings (SSSR count). The van der Waals surface area contributed by atoms with Gasteiger partial charge in [0, 0.05) is 12.1 Å². The van der Waals surface area contributed by atoms with Crippen LogP contribution in [0.1, 0.15) is 29.8 Å². The van der Waals surface area contributed by atoms with E-state index in [4.69, 9.17) is 12.2 Å². The summed E-state index contributed by atoms with van der Waals surface area (Å²) in [5, 5.41) is 8.23. The number of amides is 2. The van der Waals surface area contributed by atoms with Crippen molar-refractivity contribution in [2.75, 3.05) is 5.32 Å². The lowest BCUT2D eigenvalue weighted by molar-refractivity contribution is -0.115. The van der Waals surface area contributed by atoms with Gasteiger partial charge in [-0.25, -0.2) is 4.39 Å². The van der Waals surface area contributed by atoms with Crippen LogP contribution in [0.2, 0.25) is 0 Å². The topological polar surface area (TPSA) is 70.2 Å². The molecule has 7 heteroatoms. The second-order valence-corrected chi connectivity index (χ2v) is 6.41. The van der Waals surface area contributed by atoms with Crippen molar-refractivity contribution in [2.45, 2.75) is 19.9 Å². The standard InChI is InChI=1S/C20H20FN3O2S/c1-13(2)22-19(26)16-5-3-4-6-17(16)23-20(27)24-18(25)12-9-14-7-10-15(21)11-8-14/h3-13H,1-2H3,(H,22,26)(H2,23,24,25,27)/b12-9+. The van der Waals surface area contributed by atoms with Crippen molar-refractivity contribution < 1.29 is 14.0 Å². The number of hydrogen-bond donors (Lipinski definition) is 3. The third-order valence-corrected chi connectivity index (χ3v) is 3.58. The van der Waals surface area contributed by atoms with Crippen LogP contribution in [-0.4, -0.2) is 23.0 Å². The summed E-state index contributed by atoms with van der Waals surface area (Å²) < 4.78 is 12.9. The third-order valence-electron chi connectivity index (χ3n) is 3.37. The smallest absolute Gasteiger partial charge is 0.253 e. The van der Waals surface area contributed by atoms with Crippen LogP contribution < -0.4 is 16.0 Å². The van der Waals surface area contributed by atoms with Gasteiger partial charge in [0.25, 0.3) is 5.91 Å². The van der Waals surface area contributed by atoms with Crippen LogP contribution >= 0.6 is 12.2 Å². The molecule has 0 spiro atoms. The molecule has 0 aliphatic heterocycles. The number of halogens is 1. The van der Waals surface area contributed by atoms with Crippen LogP contribution in [0.4, 0.5) is 10.1 Å². The minimum Gasteiger partial charge on any atom is -0.350 e. The molecule has 3 N–H and O–H groups in total. The summed E-state index contributed by atoms with van der Waals surface area (Å²) in [6.07, 6.45) is 2.83. The largest absolute Gasteiger partial charge is 0.350 e. The highest BCUT2D eigenvalue weighted by atomic mass is 32.1. The maximum absolute atomic E-state index is 12.9. The Labute approximate surface area is 162 Å². The molecule has 0 saturated heterocycles. The summed E-state index contributed by atoms with van der Waals surface area (Å²) in [6.45, 7) is 3.73. The van der Waals surface area contributed by atoms with Crippen LogP contribution in [0, 0.1) is 5.82 Å². The first kappa shape index (κ1) is 20.3. The van der Waals surface area contributed by atoms with Crippen molar-refractivity contribution >= 4 is 40.9 Å². The number of anilines is 1. The Bertz CT molecular complexity index is 864. The lowest BCUT2D eigenvalue weighted by Gasteiger charge is -2.14. The molecule has 2 amide bonds. The van der Waals surface area contributed by atoms with Gasteiger partial charge in [-0.1, -0.05) is 24.3 Å². The van der Waals surface area contributed by atoms with Gasteiger partial charge in [0.1, 0.15) is 5.82 Å². The first-order valence-electron chi connectivity index (χ1n) is 8.30. The number of rotatable bonds is 5. The van der Waals surface area contributed by atoms with E-state index in [-0.39, 0.29) is 22.9 Å². The van der Waals surface area contributed by atoms with E-state index in [9.17, 15) is 14.0 Å². The van der Waals surface area contributed by atoms with E-state index < -0.39 is 5.91 Å². The second kappa shape index (κ2) is 9.59. The van der Waals surface area contributed by atoms with Crippen LogP contribution in [-0.2, 0) is 4.79 Å². The summed E-state index contributed by atoms with van der Waals surface area (Å²) in [5.74, 6) is -1.03. The van der Waals surface area contributed by atoms with Crippen molar-refractivity contribution in [2.24, 2.45) is 0 Å². The summed E-state index contributed by atoms with van der Waals surface area (Å²) in [5.41, 5.74) is 1.59. The zero-order valence-electron chi connectivity index (χ0n) is 15.0. The molecule has 0 aromatic heterocycles. The molecule has 0 heterocycles. The number of para-hydroxylation sites is 1. The summed E-state index contributed by atoms with van der Waals surface area (Å²) in [4.78, 5) is 24.2. The van der Waals surface area contributed by atoms with Gasteiger partial charge in [-0.15, -0.1) is 0 Å². The zero-order valence-corrected chi connectivity index (χ0v) is 15.8. The van der Waals surface area contributed by atoms with E-state index in [1.807, 2.05) is 13.8 Å². The molecule has 2 aromatic rings. The predicted molar refractivity (Wildman–Crippen MR) is 109 cm³/mol. The first-order valence-corrected chi connectivity index (χ1v) is 8.71. The van der Waals surface area contributed by atoms with Crippen molar-refractivity contribution in [1.82, 2.24) is 10.6 Å². The number of hydrogen-bond acceptors (Lipinski definition) is 3. The number of thiocarbonyl (C=S) groups is 1. The number of benzene rings is 2. The van der Waals surface area contributed by atoms with E-state index in [2.05, 4.69) is 16.0 Å². The van der Waals surface area contributed by atoms with Crippen molar-refractivity contribution in [3.05, 3.63) is 71.6 Å². The van der Waals surface area contributed by atoms with E-state index in [1.54, 1.807) is 42.5 Å². The quantitative estimate of drug-likeness (QED) is 0.544. The molecule has 0 saturated carbocycles. The molecule has 0 radical (unpaired) electrons. The second-order valence-electron chi connectivity index (χ2n) is 6.00. The van der Waals surface area contributed by atoms with Crippen molar-refractivity contribution in [3.8, 4) is 0 Å². The lowest BCUT2D eigenvalue weighted by Crippen LogP contribution is -2.34. The lowest BCUT2D eigenvalue weighted by atomic mass is 10.1. The Morgan fingerprint density at radius 3 is 2.41 bits per heavy atom. The Morgan fingerprint density at radius 2 is 1.74 bits per heavy atom. The monoisotopic (exact) mass is 385 g/mol. The van der Waals surface area contributed by atoms with Gasteiger partial charge in [-0.3, -0.25) is 14.9 Å². The third kappa shape index (κ3) is 6.63. The van der Waals surface area contributed by atoms with Crippen LogP contribution in [0.5, 0.6) is 0 Å².